The van der Waals surface area contributed by atoms with Gasteiger partial charge in [0.1, 0.15) is 15.6 Å². The van der Waals surface area contributed by atoms with E-state index in [0.717, 1.165) is 30.2 Å². The van der Waals surface area contributed by atoms with E-state index in [1.165, 1.54) is 11.8 Å². The van der Waals surface area contributed by atoms with Gasteiger partial charge in [-0.25, -0.2) is 13.4 Å². The lowest BCUT2D eigenvalue weighted by Crippen LogP contribution is -2.42. The van der Waals surface area contributed by atoms with E-state index in [4.69, 9.17) is 9.73 Å². The van der Waals surface area contributed by atoms with Crippen molar-refractivity contribution in [3.05, 3.63) is 29.3 Å². The maximum atomic E-state index is 11.5. The van der Waals surface area contributed by atoms with Crippen molar-refractivity contribution >= 4 is 39.8 Å². The van der Waals surface area contributed by atoms with Crippen LogP contribution < -0.4 is 15.4 Å². The maximum Gasteiger partial charge on any atom is 0.191 e. The number of aliphatic imine (C=N–C) groups is 1. The van der Waals surface area contributed by atoms with Crippen LogP contribution in [-0.4, -0.2) is 46.1 Å². The first-order valence-corrected chi connectivity index (χ1v) is 12.9. The minimum atomic E-state index is -2.96. The van der Waals surface area contributed by atoms with E-state index < -0.39 is 9.84 Å². The lowest BCUT2D eigenvalue weighted by molar-refractivity contribution is 0.287. The molecule has 2 N–H and O–H groups in total. The summed E-state index contributed by atoms with van der Waals surface area (Å²) in [5, 5.41) is 6.63. The predicted octanol–water partition coefficient (Wildman–Crippen LogP) is 4.55. The Kier molecular flexibility index (Phi) is 13.7. The van der Waals surface area contributed by atoms with Gasteiger partial charge >= 0.3 is 0 Å². The topological polar surface area (TPSA) is 79.8 Å². The Bertz CT molecular complexity index is 793. The molecule has 0 heterocycles. The van der Waals surface area contributed by atoms with Crippen molar-refractivity contribution in [2.24, 2.45) is 16.3 Å². The van der Waals surface area contributed by atoms with Crippen molar-refractivity contribution in [3.8, 4) is 5.75 Å². The van der Waals surface area contributed by atoms with E-state index in [9.17, 15) is 8.42 Å². The van der Waals surface area contributed by atoms with Crippen molar-refractivity contribution in [2.45, 2.75) is 60.9 Å². The maximum absolute atomic E-state index is 11.5. The van der Waals surface area contributed by atoms with Crippen LogP contribution in [0.2, 0.25) is 0 Å². The number of ether oxygens (including phenoxy) is 1. The molecule has 0 unspecified atom stereocenters. The molecule has 0 aliphatic heterocycles. The Labute approximate surface area is 207 Å². The highest BCUT2D eigenvalue weighted by molar-refractivity contribution is 14.0. The number of benzene rings is 1. The Morgan fingerprint density at radius 1 is 1.23 bits per heavy atom. The number of hydrogen-bond acceptors (Lipinski definition) is 4. The lowest BCUT2D eigenvalue weighted by Gasteiger charge is -2.26. The number of nitrogens with zero attached hydrogens (tertiary/aromatic N) is 1. The van der Waals surface area contributed by atoms with E-state index in [1.807, 2.05) is 6.92 Å². The van der Waals surface area contributed by atoms with Crippen LogP contribution in [0.3, 0.4) is 0 Å². The Hall–Kier alpha value is -1.03. The number of nitrogens with one attached hydrogen (secondary N) is 2. The molecule has 0 atom stereocenters. The molecule has 0 aliphatic rings. The largest absolute Gasteiger partial charge is 0.493 e. The zero-order chi connectivity index (χ0) is 22.8. The van der Waals surface area contributed by atoms with Gasteiger partial charge in [-0.3, -0.25) is 0 Å². The second kappa shape index (κ2) is 14.2. The molecule has 0 fully saturated rings. The van der Waals surface area contributed by atoms with Crippen molar-refractivity contribution in [3.63, 3.8) is 0 Å². The molecule has 180 valence electrons. The Morgan fingerprint density at radius 2 is 1.90 bits per heavy atom. The third kappa shape index (κ3) is 13.9. The van der Waals surface area contributed by atoms with E-state index in [0.29, 0.717) is 32.0 Å². The number of rotatable bonds is 12. The van der Waals surface area contributed by atoms with Gasteiger partial charge in [0.2, 0.25) is 0 Å². The molecule has 31 heavy (non-hydrogen) atoms. The van der Waals surface area contributed by atoms with Crippen molar-refractivity contribution in [2.75, 3.05) is 31.7 Å². The Balaban J connectivity index is 0.00000900. The number of aryl methyl sites for hydroxylation is 1. The molecule has 0 bridgehead atoms. The number of guanidine groups is 1. The molecule has 0 aromatic heterocycles. The van der Waals surface area contributed by atoms with Gasteiger partial charge < -0.3 is 15.4 Å². The second-order valence-electron chi connectivity index (χ2n) is 9.23. The molecular formula is C23H42IN3O3S. The van der Waals surface area contributed by atoms with Gasteiger partial charge in [-0.2, -0.15) is 0 Å². The van der Waals surface area contributed by atoms with Crippen LogP contribution in [0.15, 0.2) is 23.2 Å². The molecule has 0 radical (unpaired) electrons. The molecule has 0 aliphatic carbocycles. The van der Waals surface area contributed by atoms with E-state index >= 15 is 0 Å². The minimum Gasteiger partial charge on any atom is -0.493 e. The summed E-state index contributed by atoms with van der Waals surface area (Å²) in [6, 6.07) is 6.22. The fourth-order valence-corrected chi connectivity index (χ4v) is 3.63. The van der Waals surface area contributed by atoms with Crippen LogP contribution in [0.5, 0.6) is 5.75 Å². The summed E-state index contributed by atoms with van der Waals surface area (Å²) in [6.45, 7) is 15.2. The lowest BCUT2D eigenvalue weighted by atomic mass is 9.90. The van der Waals surface area contributed by atoms with Crippen LogP contribution in [-0.2, 0) is 16.4 Å². The zero-order valence-electron chi connectivity index (χ0n) is 20.2. The van der Waals surface area contributed by atoms with Crippen LogP contribution in [0.25, 0.3) is 0 Å². The highest BCUT2D eigenvalue weighted by Gasteiger charge is 2.20. The normalized spacial score (nSPS) is 12.5. The van der Waals surface area contributed by atoms with E-state index in [1.54, 1.807) is 0 Å². The van der Waals surface area contributed by atoms with Crippen molar-refractivity contribution in [1.82, 2.24) is 10.6 Å². The molecule has 1 aromatic carbocycles. The Morgan fingerprint density at radius 3 is 2.48 bits per heavy atom. The van der Waals surface area contributed by atoms with Crippen LogP contribution >= 0.6 is 24.0 Å². The van der Waals surface area contributed by atoms with Gasteiger partial charge in [0.05, 0.1) is 18.9 Å². The SMILES string of the molecule is CCNC(=NCc1ccc(C)cc1OCCC(C)C)NCC(C)(C)CCS(C)(=O)=O.I. The smallest absolute Gasteiger partial charge is 0.191 e. The summed E-state index contributed by atoms with van der Waals surface area (Å²) < 4.78 is 29.0. The summed E-state index contributed by atoms with van der Waals surface area (Å²) in [6.07, 6.45) is 2.90. The molecular weight excluding hydrogens is 525 g/mol. The van der Waals surface area contributed by atoms with Gasteiger partial charge in [-0.05, 0) is 49.7 Å². The molecule has 6 nitrogen and oxygen atoms in total. The second-order valence-corrected chi connectivity index (χ2v) is 11.5. The average Bonchev–Trinajstić information content (AvgIpc) is 2.63. The fraction of sp³-hybridized carbons (Fsp3) is 0.696. The molecule has 1 rings (SSSR count). The van der Waals surface area contributed by atoms with Crippen LogP contribution in [0, 0.1) is 18.3 Å². The summed E-state index contributed by atoms with van der Waals surface area (Å²) in [7, 11) is -2.96. The zero-order valence-corrected chi connectivity index (χ0v) is 23.4. The van der Waals surface area contributed by atoms with Gasteiger partial charge in [0, 0.05) is 24.9 Å². The number of sulfone groups is 1. The first-order chi connectivity index (χ1) is 13.9. The molecule has 1 aromatic rings. The molecule has 0 saturated heterocycles. The summed E-state index contributed by atoms with van der Waals surface area (Å²) in [5.41, 5.74) is 2.06. The average molecular weight is 568 g/mol. The summed E-state index contributed by atoms with van der Waals surface area (Å²) in [4.78, 5) is 4.73. The van der Waals surface area contributed by atoms with Gasteiger partial charge in [0.15, 0.2) is 5.96 Å². The van der Waals surface area contributed by atoms with Gasteiger partial charge in [-0.15, -0.1) is 24.0 Å². The molecule has 8 heteroatoms. The fourth-order valence-electron chi connectivity index (χ4n) is 2.71. The predicted molar refractivity (Wildman–Crippen MR) is 142 cm³/mol. The monoisotopic (exact) mass is 567 g/mol. The summed E-state index contributed by atoms with van der Waals surface area (Å²) >= 11 is 0. The highest BCUT2D eigenvalue weighted by Crippen LogP contribution is 2.22. The highest BCUT2D eigenvalue weighted by atomic mass is 127. The van der Waals surface area contributed by atoms with E-state index in [-0.39, 0.29) is 35.1 Å². The first kappa shape index (κ1) is 30.0. The molecule has 0 saturated carbocycles. The first-order valence-electron chi connectivity index (χ1n) is 10.8. The van der Waals surface area contributed by atoms with Crippen LogP contribution in [0.4, 0.5) is 0 Å². The third-order valence-electron chi connectivity index (χ3n) is 4.81. The van der Waals surface area contributed by atoms with Crippen molar-refractivity contribution in [1.29, 1.82) is 0 Å². The number of hydrogen-bond donors (Lipinski definition) is 2. The quantitative estimate of drug-likeness (QED) is 0.220. The molecule has 0 spiro atoms. The van der Waals surface area contributed by atoms with Gasteiger partial charge in [-0.1, -0.05) is 39.8 Å². The summed E-state index contributed by atoms with van der Waals surface area (Å²) in [5.74, 6) is 2.41. The van der Waals surface area contributed by atoms with Crippen LogP contribution in [0.1, 0.15) is 58.6 Å². The van der Waals surface area contributed by atoms with Gasteiger partial charge in [0.25, 0.3) is 0 Å². The standard InChI is InChI=1S/C23H41N3O3S.HI/c1-8-24-22(26-17-23(5,6)12-14-30(7,27)28)25-16-20-10-9-19(4)15-21(20)29-13-11-18(2)3;/h9-10,15,18H,8,11-14,16-17H2,1-7H3,(H2,24,25,26);1H. The number of halogens is 1. The third-order valence-corrected chi connectivity index (χ3v) is 5.76. The van der Waals surface area contributed by atoms with Crippen molar-refractivity contribution < 1.29 is 13.2 Å². The minimum absolute atomic E-state index is 0. The molecule has 0 amide bonds. The van der Waals surface area contributed by atoms with E-state index in [2.05, 4.69) is 63.5 Å².